The highest BCUT2D eigenvalue weighted by atomic mass is 19.2. The minimum atomic E-state index is -1.69. The monoisotopic (exact) mass is 435 g/mol. The van der Waals surface area contributed by atoms with Crippen LogP contribution in [0, 0.1) is 17.5 Å². The molecule has 3 amide bonds. The van der Waals surface area contributed by atoms with Crippen molar-refractivity contribution >= 4 is 29.1 Å². The number of amides is 3. The summed E-state index contributed by atoms with van der Waals surface area (Å²) in [4.78, 5) is 34.9. The van der Waals surface area contributed by atoms with Gasteiger partial charge in [0.05, 0.1) is 18.8 Å². The van der Waals surface area contributed by atoms with Crippen LogP contribution in [0.25, 0.3) is 0 Å². The quantitative estimate of drug-likeness (QED) is 0.439. The number of halogens is 3. The van der Waals surface area contributed by atoms with E-state index in [0.29, 0.717) is 31.1 Å². The number of aryl methyl sites for hydroxylation is 1. The van der Waals surface area contributed by atoms with Gasteiger partial charge in [0.1, 0.15) is 5.75 Å². The molecule has 0 radical (unpaired) electrons. The first-order valence-corrected chi connectivity index (χ1v) is 9.59. The average molecular weight is 435 g/mol. The van der Waals surface area contributed by atoms with Gasteiger partial charge in [0.15, 0.2) is 17.5 Å². The van der Waals surface area contributed by atoms with Crippen LogP contribution < -0.4 is 20.7 Å². The molecule has 0 atom stereocenters. The molecule has 1 aliphatic heterocycles. The van der Waals surface area contributed by atoms with E-state index in [9.17, 15) is 27.6 Å². The Labute approximate surface area is 176 Å². The molecule has 0 unspecified atom stereocenters. The molecule has 3 N–H and O–H groups in total. The Morgan fingerprint density at radius 1 is 1.03 bits per heavy atom. The van der Waals surface area contributed by atoms with E-state index in [1.165, 1.54) is 0 Å². The van der Waals surface area contributed by atoms with Crippen LogP contribution in [-0.2, 0) is 20.8 Å². The van der Waals surface area contributed by atoms with Gasteiger partial charge in [0.25, 0.3) is 0 Å². The van der Waals surface area contributed by atoms with Crippen molar-refractivity contribution in [3.05, 3.63) is 53.3 Å². The molecule has 0 fully saturated rings. The summed E-state index contributed by atoms with van der Waals surface area (Å²) < 4.78 is 45.2. The first-order valence-electron chi connectivity index (χ1n) is 9.59. The van der Waals surface area contributed by atoms with Crippen molar-refractivity contribution in [2.24, 2.45) is 0 Å². The van der Waals surface area contributed by atoms with Crippen molar-refractivity contribution in [3.63, 3.8) is 0 Å². The second kappa shape index (κ2) is 9.96. The number of rotatable bonds is 8. The number of carbonyl (C=O) groups is 3. The molecule has 0 bridgehead atoms. The molecule has 1 aliphatic rings. The van der Waals surface area contributed by atoms with Crippen LogP contribution >= 0.6 is 0 Å². The third-order valence-electron chi connectivity index (χ3n) is 4.54. The van der Waals surface area contributed by atoms with Crippen molar-refractivity contribution in [2.45, 2.75) is 25.7 Å². The molecule has 0 saturated carbocycles. The Kier molecular flexibility index (Phi) is 7.11. The predicted molar refractivity (Wildman–Crippen MR) is 106 cm³/mol. The van der Waals surface area contributed by atoms with Gasteiger partial charge in [-0.25, -0.2) is 13.2 Å². The summed E-state index contributed by atoms with van der Waals surface area (Å²) in [5.74, 6) is -5.16. The molecule has 1 heterocycles. The van der Waals surface area contributed by atoms with Gasteiger partial charge in [-0.3, -0.25) is 14.4 Å². The minimum absolute atomic E-state index is 0.0178. The predicted octanol–water partition coefficient (Wildman–Crippen LogP) is 2.90. The van der Waals surface area contributed by atoms with E-state index in [-0.39, 0.29) is 18.9 Å². The van der Waals surface area contributed by atoms with Crippen LogP contribution in [0.5, 0.6) is 5.75 Å². The van der Waals surface area contributed by atoms with Crippen LogP contribution in [0.4, 0.5) is 24.5 Å². The van der Waals surface area contributed by atoms with Gasteiger partial charge in [-0.15, -0.1) is 0 Å². The fraction of sp³-hybridized carbons (Fsp3) is 0.286. The van der Waals surface area contributed by atoms with Crippen LogP contribution in [0.15, 0.2) is 30.3 Å². The van der Waals surface area contributed by atoms with Crippen LogP contribution in [0.1, 0.15) is 24.8 Å². The van der Waals surface area contributed by atoms with Gasteiger partial charge in [0, 0.05) is 18.5 Å². The van der Waals surface area contributed by atoms with E-state index >= 15 is 0 Å². The Bertz CT molecular complexity index is 1010. The van der Waals surface area contributed by atoms with E-state index in [4.69, 9.17) is 4.74 Å². The van der Waals surface area contributed by atoms with Gasteiger partial charge in [-0.1, -0.05) is 0 Å². The maximum absolute atomic E-state index is 13.5. The number of nitrogens with one attached hydrogen (secondary N) is 3. The summed E-state index contributed by atoms with van der Waals surface area (Å²) in [6, 6.07) is 6.91. The first kappa shape index (κ1) is 22.1. The van der Waals surface area contributed by atoms with Gasteiger partial charge in [0.2, 0.25) is 17.7 Å². The Hall–Kier alpha value is -3.56. The molecule has 10 heteroatoms. The molecule has 2 aromatic rings. The van der Waals surface area contributed by atoms with Crippen LogP contribution in [0.2, 0.25) is 0 Å². The van der Waals surface area contributed by atoms with Gasteiger partial charge >= 0.3 is 0 Å². The summed E-state index contributed by atoms with van der Waals surface area (Å²) in [5, 5.41) is 7.20. The highest BCUT2D eigenvalue weighted by molar-refractivity contribution is 5.95. The lowest BCUT2D eigenvalue weighted by Crippen LogP contribution is -2.33. The summed E-state index contributed by atoms with van der Waals surface area (Å²) in [6.45, 7) is -0.181. The lowest BCUT2D eigenvalue weighted by atomic mass is 10.0. The van der Waals surface area contributed by atoms with Crippen molar-refractivity contribution in [1.82, 2.24) is 5.32 Å². The van der Waals surface area contributed by atoms with Gasteiger partial charge in [-0.05, 0) is 48.7 Å². The maximum Gasteiger partial charge on any atom is 0.243 e. The summed E-state index contributed by atoms with van der Waals surface area (Å²) in [6.07, 6.45) is 1.54. The molecule has 7 nitrogen and oxygen atoms in total. The van der Waals surface area contributed by atoms with Gasteiger partial charge < -0.3 is 20.7 Å². The highest BCUT2D eigenvalue weighted by Crippen LogP contribution is 2.26. The zero-order valence-electron chi connectivity index (χ0n) is 16.4. The fourth-order valence-electron chi connectivity index (χ4n) is 2.96. The average Bonchev–Trinajstić information content (AvgIpc) is 2.75. The second-order valence-electron chi connectivity index (χ2n) is 6.87. The van der Waals surface area contributed by atoms with E-state index in [0.717, 1.165) is 17.3 Å². The number of benzene rings is 2. The summed E-state index contributed by atoms with van der Waals surface area (Å²) >= 11 is 0. The van der Waals surface area contributed by atoms with E-state index in [1.807, 2.05) is 6.07 Å². The molecule has 2 aromatic carbocycles. The van der Waals surface area contributed by atoms with E-state index < -0.39 is 41.5 Å². The molecule has 3 rings (SSSR count). The number of ether oxygens (including phenoxy) is 1. The van der Waals surface area contributed by atoms with Crippen LogP contribution in [-0.4, -0.2) is 30.9 Å². The number of carbonyl (C=O) groups excluding carboxylic acids is 3. The number of hydrogen-bond donors (Lipinski definition) is 3. The SMILES string of the molecule is O=C(CCCOc1ccc2c(c1)CCC(=O)N2)NCC(=O)Nc1ccc(F)c(F)c1F. The van der Waals surface area contributed by atoms with Gasteiger partial charge in [-0.2, -0.15) is 0 Å². The molecule has 0 aromatic heterocycles. The molecule has 0 aliphatic carbocycles. The smallest absolute Gasteiger partial charge is 0.243 e. The highest BCUT2D eigenvalue weighted by Gasteiger charge is 2.16. The third-order valence-corrected chi connectivity index (χ3v) is 4.54. The molecule has 31 heavy (non-hydrogen) atoms. The topological polar surface area (TPSA) is 96.5 Å². The van der Waals surface area contributed by atoms with Crippen molar-refractivity contribution in [2.75, 3.05) is 23.8 Å². The van der Waals surface area contributed by atoms with Crippen molar-refractivity contribution in [3.8, 4) is 5.75 Å². The fourth-order valence-corrected chi connectivity index (χ4v) is 2.96. The maximum atomic E-state index is 13.5. The molecule has 0 saturated heterocycles. The summed E-state index contributed by atoms with van der Waals surface area (Å²) in [7, 11) is 0. The van der Waals surface area contributed by atoms with Crippen molar-refractivity contribution in [1.29, 1.82) is 0 Å². The molecular weight excluding hydrogens is 415 g/mol. The Balaban J connectivity index is 1.36. The minimum Gasteiger partial charge on any atom is -0.494 e. The third kappa shape index (κ3) is 5.97. The number of anilines is 2. The lowest BCUT2D eigenvalue weighted by molar-refractivity contribution is -0.124. The Morgan fingerprint density at radius 3 is 2.65 bits per heavy atom. The number of fused-ring (bicyclic) bond motifs is 1. The van der Waals surface area contributed by atoms with E-state index in [2.05, 4.69) is 16.0 Å². The number of hydrogen-bond acceptors (Lipinski definition) is 4. The zero-order valence-corrected chi connectivity index (χ0v) is 16.4. The largest absolute Gasteiger partial charge is 0.494 e. The molecule has 164 valence electrons. The normalized spacial score (nSPS) is 12.5. The lowest BCUT2D eigenvalue weighted by Gasteiger charge is -2.17. The molecular formula is C21H20F3N3O4. The first-order chi connectivity index (χ1) is 14.8. The summed E-state index contributed by atoms with van der Waals surface area (Å²) in [5.41, 5.74) is 1.24. The second-order valence-corrected chi connectivity index (χ2v) is 6.87. The van der Waals surface area contributed by atoms with Crippen molar-refractivity contribution < 1.29 is 32.3 Å². The van der Waals surface area contributed by atoms with E-state index in [1.54, 1.807) is 12.1 Å². The van der Waals surface area contributed by atoms with Crippen LogP contribution in [0.3, 0.4) is 0 Å². The Morgan fingerprint density at radius 2 is 1.84 bits per heavy atom. The zero-order chi connectivity index (χ0) is 22.4. The standard InChI is InChI=1S/C21H20F3N3O4/c22-14-5-7-16(21(24)20(14)23)27-19(30)11-25-17(28)2-1-9-31-13-4-6-15-12(10-13)3-8-18(29)26-15/h4-7,10H,1-3,8-9,11H2,(H,25,28)(H,26,29)(H,27,30). The molecule has 0 spiro atoms.